The molecule has 0 aromatic carbocycles. The number of nitrogens with two attached hydrogens (primary N) is 1. The first-order chi connectivity index (χ1) is 13.5. The largest absolute Gasteiger partial charge is 0.443 e. The number of nitrogens with one attached hydrogen (secondary N) is 1. The molecule has 0 radical (unpaired) electrons. The number of carbonyl (C=O) groups excluding carboxylic acids is 2. The number of rotatable bonds is 3. The van der Waals surface area contributed by atoms with Crippen LogP contribution in [0.3, 0.4) is 0 Å². The third-order valence-corrected chi connectivity index (χ3v) is 6.04. The van der Waals surface area contributed by atoms with Crippen LogP contribution in [0.15, 0.2) is 23.3 Å². The van der Waals surface area contributed by atoms with Gasteiger partial charge in [-0.1, -0.05) is 0 Å². The molecule has 3 atom stereocenters. The summed E-state index contributed by atoms with van der Waals surface area (Å²) in [6.45, 7) is 10.6. The highest BCUT2D eigenvalue weighted by molar-refractivity contribution is 5.92. The monoisotopic (exact) mass is 408 g/mol. The summed E-state index contributed by atoms with van der Waals surface area (Å²) < 4.78 is 20.2. The molecule has 2 fully saturated rings. The Hall–Kier alpha value is -1.93. The van der Waals surface area contributed by atoms with E-state index in [0.29, 0.717) is 24.5 Å². The smallest absolute Gasteiger partial charge is 0.414 e. The van der Waals surface area contributed by atoms with E-state index in [9.17, 15) is 14.0 Å². The fourth-order valence-corrected chi connectivity index (χ4v) is 4.53. The summed E-state index contributed by atoms with van der Waals surface area (Å²) in [7, 11) is 0. The Bertz CT molecular complexity index is 758. The zero-order valence-corrected chi connectivity index (χ0v) is 18.0. The first-order valence-electron chi connectivity index (χ1n) is 10.4. The summed E-state index contributed by atoms with van der Waals surface area (Å²) in [5.74, 6) is -0.927. The molecular weight excluding hydrogens is 375 g/mol. The van der Waals surface area contributed by atoms with Crippen molar-refractivity contribution in [1.29, 1.82) is 0 Å². The van der Waals surface area contributed by atoms with E-state index in [4.69, 9.17) is 10.5 Å². The topological polar surface area (TPSA) is 87.9 Å². The molecule has 3 rings (SSSR count). The van der Waals surface area contributed by atoms with Crippen molar-refractivity contribution in [2.24, 2.45) is 11.7 Å². The first kappa shape index (κ1) is 21.8. The summed E-state index contributed by atoms with van der Waals surface area (Å²) in [5.41, 5.74) is 5.52. The van der Waals surface area contributed by atoms with Crippen LogP contribution in [-0.4, -0.2) is 58.6 Å². The van der Waals surface area contributed by atoms with E-state index >= 15 is 0 Å². The van der Waals surface area contributed by atoms with Crippen molar-refractivity contribution in [3.05, 3.63) is 23.3 Å². The van der Waals surface area contributed by atoms with Crippen LogP contribution in [0.5, 0.6) is 0 Å². The van der Waals surface area contributed by atoms with E-state index in [2.05, 4.69) is 10.2 Å². The van der Waals surface area contributed by atoms with Crippen molar-refractivity contribution < 1.29 is 18.7 Å². The molecule has 2 unspecified atom stereocenters. The van der Waals surface area contributed by atoms with Gasteiger partial charge in [-0.2, -0.15) is 0 Å². The average Bonchev–Trinajstić information content (AvgIpc) is 2.86. The van der Waals surface area contributed by atoms with Gasteiger partial charge in [-0.3, -0.25) is 14.6 Å². The molecule has 3 aliphatic rings. The van der Waals surface area contributed by atoms with E-state index in [0.717, 1.165) is 19.4 Å². The third-order valence-electron chi connectivity index (χ3n) is 6.04. The predicted octanol–water partition coefficient (Wildman–Crippen LogP) is 2.64. The van der Waals surface area contributed by atoms with Gasteiger partial charge in [0.1, 0.15) is 17.0 Å². The average molecular weight is 409 g/mol. The van der Waals surface area contributed by atoms with Crippen molar-refractivity contribution in [1.82, 2.24) is 15.1 Å². The van der Waals surface area contributed by atoms with E-state index in [1.165, 1.54) is 11.0 Å². The Morgan fingerprint density at radius 1 is 1.48 bits per heavy atom. The number of hydrogen-bond acceptors (Lipinski definition) is 5. The van der Waals surface area contributed by atoms with E-state index in [1.807, 2.05) is 6.92 Å². The number of nitrogens with zero attached hydrogens (tertiary/aromatic N) is 2. The molecule has 3 N–H and O–H groups in total. The molecule has 2 saturated heterocycles. The lowest BCUT2D eigenvalue weighted by Gasteiger charge is -2.44. The molecule has 0 spiro atoms. The minimum absolute atomic E-state index is 0.00115. The Labute approximate surface area is 172 Å². The molecule has 0 aromatic rings. The SMILES string of the molecule is CCN(C(=O)OC(C)(C)C)C1=C2NC(=O)C(C)(N3CCC[C@H](N)C3)C2CC(F)=C1. The molecule has 2 amide bonds. The maximum absolute atomic E-state index is 14.8. The molecule has 162 valence electrons. The molecule has 29 heavy (non-hydrogen) atoms. The minimum Gasteiger partial charge on any atom is -0.443 e. The van der Waals surface area contributed by atoms with Gasteiger partial charge < -0.3 is 15.8 Å². The van der Waals surface area contributed by atoms with Gasteiger partial charge in [-0.25, -0.2) is 9.18 Å². The van der Waals surface area contributed by atoms with Gasteiger partial charge >= 0.3 is 6.09 Å². The molecule has 0 saturated carbocycles. The van der Waals surface area contributed by atoms with Crippen molar-refractivity contribution >= 4 is 12.0 Å². The molecule has 1 aliphatic carbocycles. The minimum atomic E-state index is -0.905. The first-order valence-corrected chi connectivity index (χ1v) is 10.4. The number of halogens is 1. The summed E-state index contributed by atoms with van der Waals surface area (Å²) in [6, 6.07) is -0.00115. The zero-order valence-electron chi connectivity index (χ0n) is 18.0. The zero-order chi connectivity index (χ0) is 21.6. The highest BCUT2D eigenvalue weighted by atomic mass is 19.1. The third kappa shape index (κ3) is 4.05. The van der Waals surface area contributed by atoms with Crippen LogP contribution in [0, 0.1) is 5.92 Å². The summed E-state index contributed by atoms with van der Waals surface area (Å²) in [5, 5.41) is 2.96. The van der Waals surface area contributed by atoms with Crippen LogP contribution in [0.2, 0.25) is 0 Å². The Morgan fingerprint density at radius 3 is 2.76 bits per heavy atom. The van der Waals surface area contributed by atoms with Crippen molar-refractivity contribution in [2.45, 2.75) is 71.1 Å². The highest BCUT2D eigenvalue weighted by Gasteiger charge is 2.56. The number of amides is 2. The number of likely N-dealkylation sites (tertiary alicyclic amines) is 1. The number of ether oxygens (including phenoxy) is 1. The van der Waals surface area contributed by atoms with Crippen LogP contribution < -0.4 is 11.1 Å². The van der Waals surface area contributed by atoms with E-state index in [1.54, 1.807) is 27.7 Å². The normalized spacial score (nSPS) is 30.6. The number of fused-ring (bicyclic) bond motifs is 1. The Kier molecular flexibility index (Phi) is 5.80. The maximum Gasteiger partial charge on any atom is 0.414 e. The number of piperidine rings is 1. The quantitative estimate of drug-likeness (QED) is 0.750. The molecule has 7 nitrogen and oxygen atoms in total. The molecule has 0 aromatic heterocycles. The van der Waals surface area contributed by atoms with Gasteiger partial charge in [0.05, 0.1) is 5.70 Å². The predicted molar refractivity (Wildman–Crippen MR) is 108 cm³/mol. The van der Waals surface area contributed by atoms with Crippen molar-refractivity contribution in [2.75, 3.05) is 19.6 Å². The summed E-state index contributed by atoms with van der Waals surface area (Å²) in [4.78, 5) is 29.3. The highest BCUT2D eigenvalue weighted by Crippen LogP contribution is 2.45. The van der Waals surface area contributed by atoms with E-state index < -0.39 is 23.2 Å². The Morgan fingerprint density at radius 2 is 2.17 bits per heavy atom. The van der Waals surface area contributed by atoms with Crippen LogP contribution in [-0.2, 0) is 9.53 Å². The Balaban J connectivity index is 1.99. The molecular formula is C21H33FN4O3. The van der Waals surface area contributed by atoms with Crippen molar-refractivity contribution in [3.63, 3.8) is 0 Å². The second-order valence-corrected chi connectivity index (χ2v) is 9.32. The standard InChI is InChI=1S/C21H33FN4O3/c1-6-26(19(28)29-20(2,3)4)16-11-13(22)10-15-17(16)24-18(27)21(15,5)25-9-7-8-14(23)12-25/h11,14-15H,6-10,12,23H2,1-5H3,(H,24,27)/t14-,15?,21?/m0/s1. The number of allylic oxidation sites excluding steroid dienone is 2. The number of likely N-dealkylation sites (N-methyl/N-ethyl adjacent to an activating group) is 1. The number of carbonyl (C=O) groups is 2. The molecule has 8 heteroatoms. The fraction of sp³-hybridized carbons (Fsp3) is 0.714. The molecule has 0 bridgehead atoms. The van der Waals surface area contributed by atoms with Crippen molar-refractivity contribution in [3.8, 4) is 0 Å². The second-order valence-electron chi connectivity index (χ2n) is 9.32. The van der Waals surface area contributed by atoms with Crippen LogP contribution in [0.4, 0.5) is 9.18 Å². The van der Waals surface area contributed by atoms with Crippen LogP contribution in [0.25, 0.3) is 0 Å². The van der Waals surface area contributed by atoms with Gasteiger partial charge in [0.2, 0.25) is 5.91 Å². The van der Waals surface area contributed by atoms with Crippen LogP contribution in [0.1, 0.15) is 53.9 Å². The van der Waals surface area contributed by atoms with E-state index in [-0.39, 0.29) is 24.2 Å². The van der Waals surface area contributed by atoms with Gasteiger partial charge in [0, 0.05) is 37.2 Å². The molecule has 2 aliphatic heterocycles. The second kappa shape index (κ2) is 7.72. The van der Waals surface area contributed by atoms with Gasteiger partial charge in [-0.15, -0.1) is 0 Å². The summed E-state index contributed by atoms with van der Waals surface area (Å²) in [6.07, 6.45) is 2.72. The van der Waals surface area contributed by atoms with Crippen LogP contribution >= 0.6 is 0 Å². The van der Waals surface area contributed by atoms with Gasteiger partial charge in [-0.05, 0) is 60.1 Å². The number of hydrogen-bond donors (Lipinski definition) is 2. The molecule has 2 heterocycles. The van der Waals surface area contributed by atoms with Gasteiger partial charge in [0.25, 0.3) is 0 Å². The lowest BCUT2D eigenvalue weighted by molar-refractivity contribution is -0.131. The lowest BCUT2D eigenvalue weighted by atomic mass is 9.78. The summed E-state index contributed by atoms with van der Waals surface area (Å²) >= 11 is 0. The maximum atomic E-state index is 14.8. The fourth-order valence-electron chi connectivity index (χ4n) is 4.53. The van der Waals surface area contributed by atoms with Gasteiger partial charge in [0.15, 0.2) is 0 Å². The lowest BCUT2D eigenvalue weighted by Crippen LogP contribution is -2.60.